The molecule has 0 N–H and O–H groups in total. The van der Waals surface area contributed by atoms with Crippen molar-refractivity contribution in [2.75, 3.05) is 13.2 Å². The number of allylic oxidation sites excluding steroid dienone is 14. The normalized spacial score (nSPS) is 12.6. The molecule has 0 rings (SSSR count). The minimum atomic E-state index is -0.797. The standard InChI is InChI=1S/C67H116O6/c1-4-7-10-13-16-19-22-25-28-30-31-32-33-34-35-37-39-42-45-48-51-54-57-60-66(69)72-63-64(62-71-65(68)59-56-53-50-47-44-41-38-27-24-21-18-15-12-9-6-3)73-67(70)61-58-55-52-49-46-43-40-36-29-26-23-20-17-14-11-8-5-2/h8-9,11-12,17-18,20-21,26-27,29,38,40,43,64H,4-7,10,13-16,19,22-25,28,30-37,39,41-42,44-63H2,1-3H3/b11-8-,12-9-,20-17-,21-18-,29-26-,38-27-,43-40-. The second kappa shape index (κ2) is 61.1. The lowest BCUT2D eigenvalue weighted by Crippen LogP contribution is -2.30. The summed E-state index contributed by atoms with van der Waals surface area (Å²) in [5, 5.41) is 0. The zero-order valence-electron chi connectivity index (χ0n) is 48.1. The van der Waals surface area contributed by atoms with Crippen LogP contribution in [0.15, 0.2) is 85.1 Å². The first-order chi connectivity index (χ1) is 36.0. The van der Waals surface area contributed by atoms with Gasteiger partial charge in [0, 0.05) is 19.3 Å². The highest BCUT2D eigenvalue weighted by Crippen LogP contribution is 2.17. The van der Waals surface area contributed by atoms with Gasteiger partial charge in [0.15, 0.2) is 6.10 Å². The van der Waals surface area contributed by atoms with Gasteiger partial charge in [0.2, 0.25) is 0 Å². The number of carbonyl (C=O) groups excluding carboxylic acids is 3. The van der Waals surface area contributed by atoms with Crippen LogP contribution in [0.3, 0.4) is 0 Å². The number of carbonyl (C=O) groups is 3. The Kier molecular flexibility index (Phi) is 58.3. The van der Waals surface area contributed by atoms with Gasteiger partial charge in [0.05, 0.1) is 0 Å². The van der Waals surface area contributed by atoms with Crippen molar-refractivity contribution in [2.45, 2.75) is 309 Å². The van der Waals surface area contributed by atoms with Gasteiger partial charge in [-0.25, -0.2) is 0 Å². The first kappa shape index (κ1) is 69.6. The van der Waals surface area contributed by atoms with Crippen molar-refractivity contribution in [3.05, 3.63) is 85.1 Å². The van der Waals surface area contributed by atoms with Gasteiger partial charge >= 0.3 is 17.9 Å². The highest BCUT2D eigenvalue weighted by molar-refractivity contribution is 5.71. The Bertz CT molecular complexity index is 1400. The van der Waals surface area contributed by atoms with Crippen molar-refractivity contribution < 1.29 is 28.6 Å². The first-order valence-corrected chi connectivity index (χ1v) is 31.1. The molecule has 0 aliphatic rings. The average Bonchev–Trinajstić information content (AvgIpc) is 3.39. The summed E-state index contributed by atoms with van der Waals surface area (Å²) in [6.45, 7) is 6.41. The monoisotopic (exact) mass is 1020 g/mol. The summed E-state index contributed by atoms with van der Waals surface area (Å²) in [6, 6.07) is 0. The summed E-state index contributed by atoms with van der Waals surface area (Å²) in [4.78, 5) is 38.3. The third-order valence-corrected chi connectivity index (χ3v) is 13.4. The van der Waals surface area contributed by atoms with Crippen molar-refractivity contribution in [1.29, 1.82) is 0 Å². The third-order valence-electron chi connectivity index (χ3n) is 13.4. The molecule has 6 nitrogen and oxygen atoms in total. The number of hydrogen-bond donors (Lipinski definition) is 0. The van der Waals surface area contributed by atoms with Gasteiger partial charge in [0.25, 0.3) is 0 Å². The SMILES string of the molecule is CC/C=C\C/C=C\C/C=C\C/C=C\CCCCCCC(=O)OC(COC(=O)CCCCCCC/C=C\C/C=C\C/C=C\CC)COC(=O)CCCCCCCCCCCCCCCCCCCCCCCCC. The Morgan fingerprint density at radius 2 is 0.534 bits per heavy atom. The van der Waals surface area contributed by atoms with Crippen molar-refractivity contribution in [2.24, 2.45) is 0 Å². The molecule has 0 aromatic rings. The molecule has 0 bridgehead atoms. The summed E-state index contributed by atoms with van der Waals surface area (Å²) < 4.78 is 16.9. The molecule has 0 fully saturated rings. The highest BCUT2D eigenvalue weighted by Gasteiger charge is 2.19. The number of rotatable bonds is 56. The van der Waals surface area contributed by atoms with Gasteiger partial charge in [-0.05, 0) is 89.9 Å². The zero-order valence-corrected chi connectivity index (χ0v) is 48.1. The zero-order chi connectivity index (χ0) is 52.9. The Morgan fingerprint density at radius 3 is 0.836 bits per heavy atom. The van der Waals surface area contributed by atoms with E-state index in [9.17, 15) is 14.4 Å². The number of hydrogen-bond acceptors (Lipinski definition) is 6. The Balaban J connectivity index is 4.36. The topological polar surface area (TPSA) is 78.9 Å². The fourth-order valence-corrected chi connectivity index (χ4v) is 8.80. The highest BCUT2D eigenvalue weighted by atomic mass is 16.6. The van der Waals surface area contributed by atoms with Gasteiger partial charge in [-0.3, -0.25) is 14.4 Å². The Morgan fingerprint density at radius 1 is 0.288 bits per heavy atom. The lowest BCUT2D eigenvalue weighted by molar-refractivity contribution is -0.167. The quantitative estimate of drug-likeness (QED) is 0.0261. The molecule has 0 radical (unpaired) electrons. The maximum Gasteiger partial charge on any atom is 0.306 e. The molecule has 0 heterocycles. The fraction of sp³-hybridized carbons (Fsp3) is 0.746. The number of esters is 3. The van der Waals surface area contributed by atoms with E-state index < -0.39 is 6.10 Å². The smallest absolute Gasteiger partial charge is 0.306 e. The summed E-state index contributed by atoms with van der Waals surface area (Å²) in [5.74, 6) is -0.921. The lowest BCUT2D eigenvalue weighted by atomic mass is 10.0. The van der Waals surface area contributed by atoms with Gasteiger partial charge in [-0.2, -0.15) is 0 Å². The maximum atomic E-state index is 12.9. The van der Waals surface area contributed by atoms with Crippen LogP contribution in [-0.2, 0) is 28.6 Å². The van der Waals surface area contributed by atoms with Crippen LogP contribution in [0.5, 0.6) is 0 Å². The van der Waals surface area contributed by atoms with Crippen LogP contribution in [-0.4, -0.2) is 37.2 Å². The first-order valence-electron chi connectivity index (χ1n) is 31.1. The summed E-state index contributed by atoms with van der Waals surface area (Å²) >= 11 is 0. The molecule has 1 atom stereocenters. The molecular formula is C67H116O6. The van der Waals surface area contributed by atoms with Crippen molar-refractivity contribution in [3.63, 3.8) is 0 Å². The van der Waals surface area contributed by atoms with E-state index in [2.05, 4.69) is 106 Å². The van der Waals surface area contributed by atoms with E-state index in [0.717, 1.165) is 135 Å². The van der Waals surface area contributed by atoms with Crippen molar-refractivity contribution in [1.82, 2.24) is 0 Å². The van der Waals surface area contributed by atoms with Crippen LogP contribution in [0.1, 0.15) is 303 Å². The van der Waals surface area contributed by atoms with Crippen LogP contribution in [0, 0.1) is 0 Å². The van der Waals surface area contributed by atoms with Gasteiger partial charge in [-0.1, -0.05) is 279 Å². The van der Waals surface area contributed by atoms with Crippen molar-refractivity contribution in [3.8, 4) is 0 Å². The second-order valence-corrected chi connectivity index (χ2v) is 20.6. The van der Waals surface area contributed by atoms with E-state index >= 15 is 0 Å². The minimum absolute atomic E-state index is 0.0902. The molecule has 420 valence electrons. The van der Waals surface area contributed by atoms with Crippen LogP contribution < -0.4 is 0 Å². The Hall–Kier alpha value is -3.41. The van der Waals surface area contributed by atoms with Crippen molar-refractivity contribution >= 4 is 17.9 Å². The molecule has 0 saturated heterocycles. The Labute approximate surface area is 452 Å². The molecule has 1 unspecified atom stereocenters. The molecule has 0 saturated carbocycles. The average molecular weight is 1020 g/mol. The van der Waals surface area contributed by atoms with Crippen LogP contribution in [0.2, 0.25) is 0 Å². The summed E-state index contributed by atoms with van der Waals surface area (Å²) in [5.41, 5.74) is 0. The molecule has 73 heavy (non-hydrogen) atoms. The van der Waals surface area contributed by atoms with E-state index in [1.165, 1.54) is 128 Å². The molecular weight excluding hydrogens is 901 g/mol. The summed E-state index contributed by atoms with van der Waals surface area (Å²) in [6.07, 6.45) is 80.2. The molecule has 6 heteroatoms. The third kappa shape index (κ3) is 59.3. The second-order valence-electron chi connectivity index (χ2n) is 20.6. The van der Waals surface area contributed by atoms with Crippen LogP contribution >= 0.6 is 0 Å². The van der Waals surface area contributed by atoms with Gasteiger partial charge < -0.3 is 14.2 Å². The molecule has 0 aliphatic heterocycles. The minimum Gasteiger partial charge on any atom is -0.462 e. The van der Waals surface area contributed by atoms with E-state index in [1.807, 2.05) is 0 Å². The van der Waals surface area contributed by atoms with E-state index in [-0.39, 0.29) is 31.1 Å². The molecule has 0 amide bonds. The number of unbranched alkanes of at least 4 members (excludes halogenated alkanes) is 31. The van der Waals surface area contributed by atoms with E-state index in [4.69, 9.17) is 14.2 Å². The fourth-order valence-electron chi connectivity index (χ4n) is 8.80. The van der Waals surface area contributed by atoms with E-state index in [1.54, 1.807) is 0 Å². The van der Waals surface area contributed by atoms with E-state index in [0.29, 0.717) is 19.3 Å². The molecule has 0 aromatic heterocycles. The molecule has 0 spiro atoms. The maximum absolute atomic E-state index is 12.9. The predicted molar refractivity (Wildman–Crippen MR) is 316 cm³/mol. The van der Waals surface area contributed by atoms with Crippen LogP contribution in [0.25, 0.3) is 0 Å². The van der Waals surface area contributed by atoms with Gasteiger partial charge in [0.1, 0.15) is 13.2 Å². The summed E-state index contributed by atoms with van der Waals surface area (Å²) in [7, 11) is 0. The predicted octanol–water partition coefficient (Wildman–Crippen LogP) is 21.1. The largest absolute Gasteiger partial charge is 0.462 e. The number of ether oxygens (including phenoxy) is 3. The lowest BCUT2D eigenvalue weighted by Gasteiger charge is -2.18. The molecule has 0 aliphatic carbocycles. The van der Waals surface area contributed by atoms with Gasteiger partial charge in [-0.15, -0.1) is 0 Å². The molecule has 0 aromatic carbocycles. The van der Waals surface area contributed by atoms with Crippen LogP contribution in [0.4, 0.5) is 0 Å².